The minimum atomic E-state index is -3.72. The number of hydrogen-bond donors (Lipinski definition) is 0. The second kappa shape index (κ2) is 7.61. The molecule has 0 saturated heterocycles. The minimum absolute atomic E-state index is 0.163. The summed E-state index contributed by atoms with van der Waals surface area (Å²) in [4.78, 5) is 0.504. The summed E-state index contributed by atoms with van der Waals surface area (Å²) >= 11 is 0. The molecule has 5 nitrogen and oxygen atoms in total. The van der Waals surface area contributed by atoms with Crippen molar-refractivity contribution in [3.63, 3.8) is 0 Å². The number of sulfone groups is 1. The molecular weight excluding hydrogens is 394 g/mol. The van der Waals surface area contributed by atoms with Crippen molar-refractivity contribution in [3.8, 4) is 0 Å². The molecule has 0 radical (unpaired) electrons. The quantitative estimate of drug-likeness (QED) is 0.726. The molecule has 2 rings (SSSR count). The molecule has 0 heterocycles. The second-order valence-corrected chi connectivity index (χ2v) is 12.3. The summed E-state index contributed by atoms with van der Waals surface area (Å²) in [7, 11) is -5.47. The summed E-state index contributed by atoms with van der Waals surface area (Å²) in [6, 6.07) is 11.4. The first-order valence-electron chi connectivity index (χ1n) is 9.05. The summed E-state index contributed by atoms with van der Waals surface area (Å²) in [5.41, 5.74) is 2.21. The van der Waals surface area contributed by atoms with Gasteiger partial charge in [-0.05, 0) is 54.2 Å². The van der Waals surface area contributed by atoms with Crippen LogP contribution in [-0.4, -0.2) is 34.4 Å². The van der Waals surface area contributed by atoms with E-state index in [1.54, 1.807) is 39.1 Å². The maximum Gasteiger partial charge on any atom is 0.243 e. The van der Waals surface area contributed by atoms with E-state index in [0.717, 1.165) is 17.4 Å². The van der Waals surface area contributed by atoms with Gasteiger partial charge in [-0.25, -0.2) is 16.8 Å². The molecule has 1 atom stereocenters. The number of rotatable bonds is 5. The van der Waals surface area contributed by atoms with Crippen LogP contribution in [0.15, 0.2) is 52.3 Å². The van der Waals surface area contributed by atoms with E-state index >= 15 is 0 Å². The molecule has 154 valence electrons. The fraction of sp³-hybridized carbons (Fsp3) is 0.429. The third-order valence-corrected chi connectivity index (χ3v) is 8.25. The highest BCUT2D eigenvalue weighted by molar-refractivity contribution is 7.90. The van der Waals surface area contributed by atoms with Crippen LogP contribution >= 0.6 is 0 Å². The first kappa shape index (κ1) is 22.6. The molecular formula is C21H29NO4S2. The number of benzene rings is 2. The van der Waals surface area contributed by atoms with Crippen molar-refractivity contribution in [1.82, 2.24) is 4.31 Å². The van der Waals surface area contributed by atoms with Crippen molar-refractivity contribution >= 4 is 19.9 Å². The van der Waals surface area contributed by atoms with Crippen LogP contribution < -0.4 is 0 Å². The first-order valence-corrected chi connectivity index (χ1v) is 12.4. The molecule has 28 heavy (non-hydrogen) atoms. The molecule has 0 aliphatic heterocycles. The Balaban J connectivity index is 2.43. The van der Waals surface area contributed by atoms with E-state index in [0.29, 0.717) is 10.5 Å². The van der Waals surface area contributed by atoms with Gasteiger partial charge in [0.05, 0.1) is 9.79 Å². The maximum atomic E-state index is 13.3. The van der Waals surface area contributed by atoms with E-state index in [1.165, 1.54) is 16.4 Å². The number of sulfonamides is 1. The van der Waals surface area contributed by atoms with Gasteiger partial charge in [0.25, 0.3) is 0 Å². The number of nitrogens with zero attached hydrogens (tertiary/aromatic N) is 1. The second-order valence-electron chi connectivity index (χ2n) is 8.27. The van der Waals surface area contributed by atoms with Gasteiger partial charge >= 0.3 is 0 Å². The number of hydrogen-bond acceptors (Lipinski definition) is 4. The van der Waals surface area contributed by atoms with E-state index in [2.05, 4.69) is 0 Å². The van der Waals surface area contributed by atoms with Crippen LogP contribution in [0, 0.1) is 6.92 Å². The lowest BCUT2D eigenvalue weighted by atomic mass is 9.87. The summed E-state index contributed by atoms with van der Waals surface area (Å²) in [6.45, 7) is 9.71. The van der Waals surface area contributed by atoms with E-state index in [-0.39, 0.29) is 10.3 Å². The summed E-state index contributed by atoms with van der Waals surface area (Å²) < 4.78 is 51.2. The van der Waals surface area contributed by atoms with E-state index in [9.17, 15) is 16.8 Å². The zero-order valence-electron chi connectivity index (χ0n) is 17.5. The zero-order chi connectivity index (χ0) is 21.5. The predicted molar refractivity (Wildman–Crippen MR) is 113 cm³/mol. The molecule has 0 bridgehead atoms. The van der Waals surface area contributed by atoms with Gasteiger partial charge in [-0.1, -0.05) is 45.0 Å². The van der Waals surface area contributed by atoms with Gasteiger partial charge in [0, 0.05) is 19.3 Å². The monoisotopic (exact) mass is 423 g/mol. The van der Waals surface area contributed by atoms with Gasteiger partial charge in [0.15, 0.2) is 9.84 Å². The van der Waals surface area contributed by atoms with Crippen molar-refractivity contribution in [2.75, 3.05) is 13.3 Å². The Bertz CT molecular complexity index is 1060. The van der Waals surface area contributed by atoms with Crippen molar-refractivity contribution in [2.45, 2.75) is 55.9 Å². The third kappa shape index (κ3) is 4.64. The lowest BCUT2D eigenvalue weighted by molar-refractivity contribution is 0.398. The van der Waals surface area contributed by atoms with Crippen molar-refractivity contribution in [3.05, 3.63) is 59.2 Å². The lowest BCUT2D eigenvalue weighted by Crippen LogP contribution is -2.30. The van der Waals surface area contributed by atoms with Crippen LogP contribution in [0.4, 0.5) is 0 Å². The summed E-state index contributed by atoms with van der Waals surface area (Å²) in [5, 5.41) is 0. The average molecular weight is 424 g/mol. The van der Waals surface area contributed by atoms with Crippen LogP contribution in [0.3, 0.4) is 0 Å². The fourth-order valence-corrected chi connectivity index (χ4v) is 5.14. The average Bonchev–Trinajstić information content (AvgIpc) is 2.59. The largest absolute Gasteiger partial charge is 0.243 e. The molecule has 2 aromatic rings. The summed E-state index contributed by atoms with van der Waals surface area (Å²) in [5.74, 6) is 0. The van der Waals surface area contributed by atoms with Gasteiger partial charge in [-0.2, -0.15) is 4.31 Å². The van der Waals surface area contributed by atoms with Crippen LogP contribution in [0.5, 0.6) is 0 Å². The first-order chi connectivity index (χ1) is 12.7. The Morgan fingerprint density at radius 3 is 1.93 bits per heavy atom. The van der Waals surface area contributed by atoms with Gasteiger partial charge < -0.3 is 0 Å². The molecule has 0 spiro atoms. The molecule has 0 saturated carbocycles. The third-order valence-electron chi connectivity index (χ3n) is 5.05. The molecule has 1 unspecified atom stereocenters. The highest BCUT2D eigenvalue weighted by atomic mass is 32.2. The standard InChI is InChI=1S/C21H29NO4S2/c1-15-8-11-18(21(3,4)5)14-20(15)28(25,26)22(6)16(2)17-9-12-19(13-10-17)27(7,23)24/h8-14,16H,1-7H3. The van der Waals surface area contributed by atoms with Gasteiger partial charge in [0.1, 0.15) is 0 Å². The maximum absolute atomic E-state index is 13.3. The lowest BCUT2D eigenvalue weighted by Gasteiger charge is -2.27. The predicted octanol–water partition coefficient (Wildman–Crippen LogP) is 4.08. The van der Waals surface area contributed by atoms with Crippen LogP contribution in [0.1, 0.15) is 50.4 Å². The molecule has 0 aromatic heterocycles. The molecule has 0 aliphatic carbocycles. The Hall–Kier alpha value is -1.70. The van der Waals surface area contributed by atoms with Gasteiger partial charge in [-0.3, -0.25) is 0 Å². The molecule has 0 N–H and O–H groups in total. The van der Waals surface area contributed by atoms with E-state index in [1.807, 2.05) is 32.9 Å². The number of aryl methyl sites for hydroxylation is 1. The SMILES string of the molecule is Cc1ccc(C(C)(C)C)cc1S(=O)(=O)N(C)C(C)c1ccc(S(C)(=O)=O)cc1. The molecule has 0 fully saturated rings. The Labute approximate surface area is 169 Å². The normalized spacial score (nSPS) is 14.3. The smallest absolute Gasteiger partial charge is 0.224 e. The highest BCUT2D eigenvalue weighted by Gasteiger charge is 2.29. The summed E-state index contributed by atoms with van der Waals surface area (Å²) in [6.07, 6.45) is 1.15. The Morgan fingerprint density at radius 1 is 0.929 bits per heavy atom. The van der Waals surface area contributed by atoms with Crippen LogP contribution in [-0.2, 0) is 25.3 Å². The Morgan fingerprint density at radius 2 is 1.46 bits per heavy atom. The van der Waals surface area contributed by atoms with Crippen molar-refractivity contribution in [1.29, 1.82) is 0 Å². The topological polar surface area (TPSA) is 71.5 Å². The van der Waals surface area contributed by atoms with E-state index < -0.39 is 25.9 Å². The van der Waals surface area contributed by atoms with Crippen molar-refractivity contribution < 1.29 is 16.8 Å². The van der Waals surface area contributed by atoms with Crippen molar-refractivity contribution in [2.24, 2.45) is 0 Å². The molecule has 0 aliphatic rings. The minimum Gasteiger partial charge on any atom is -0.224 e. The van der Waals surface area contributed by atoms with Crippen LogP contribution in [0.2, 0.25) is 0 Å². The van der Waals surface area contributed by atoms with Gasteiger partial charge in [-0.15, -0.1) is 0 Å². The molecule has 0 amide bonds. The fourth-order valence-electron chi connectivity index (χ4n) is 2.91. The Kier molecular flexibility index (Phi) is 6.14. The molecule has 7 heteroatoms. The van der Waals surface area contributed by atoms with E-state index in [4.69, 9.17) is 0 Å². The highest BCUT2D eigenvalue weighted by Crippen LogP contribution is 2.31. The zero-order valence-corrected chi connectivity index (χ0v) is 19.1. The molecule has 2 aromatic carbocycles. The van der Waals surface area contributed by atoms with Gasteiger partial charge in [0.2, 0.25) is 10.0 Å². The van der Waals surface area contributed by atoms with Crippen LogP contribution in [0.25, 0.3) is 0 Å².